The maximum absolute atomic E-state index is 12.4. The number of anilines is 1. The molecule has 0 aliphatic heterocycles. The molecule has 4 nitrogen and oxygen atoms in total. The molecule has 0 atom stereocenters. The highest BCUT2D eigenvalue weighted by atomic mass is 35.5. The van der Waals surface area contributed by atoms with Crippen molar-refractivity contribution in [2.75, 3.05) is 26.2 Å². The molecule has 0 unspecified atom stereocenters. The van der Waals surface area contributed by atoms with Crippen molar-refractivity contribution in [1.82, 2.24) is 0 Å². The molecule has 5 heteroatoms. The van der Waals surface area contributed by atoms with Crippen LogP contribution in [-0.4, -0.2) is 27.2 Å². The Kier molecular flexibility index (Phi) is 5.28. The van der Waals surface area contributed by atoms with Crippen LogP contribution in [0.15, 0.2) is 42.5 Å². The molecule has 116 valence electrons. The van der Waals surface area contributed by atoms with Gasteiger partial charge in [-0.15, -0.1) is 0 Å². The number of hydrogen-bond donors (Lipinski definition) is 0. The zero-order valence-electron chi connectivity index (χ0n) is 12.8. The van der Waals surface area contributed by atoms with Crippen LogP contribution in [0, 0.1) is 0 Å². The highest BCUT2D eigenvalue weighted by molar-refractivity contribution is 6.31. The first-order chi connectivity index (χ1) is 10.6. The summed E-state index contributed by atoms with van der Waals surface area (Å²) in [5.74, 6) is 1.15. The van der Waals surface area contributed by atoms with Crippen LogP contribution in [0.2, 0.25) is 5.02 Å². The second-order valence-electron chi connectivity index (χ2n) is 4.76. The minimum Gasteiger partial charge on any atom is -0.493 e. The molecule has 0 N–H and O–H groups in total. The second kappa shape index (κ2) is 7.18. The Morgan fingerprint density at radius 1 is 1.09 bits per heavy atom. The van der Waals surface area contributed by atoms with Crippen molar-refractivity contribution in [3.05, 3.63) is 53.1 Å². The van der Waals surface area contributed by atoms with Crippen LogP contribution in [0.1, 0.15) is 5.56 Å². The van der Waals surface area contributed by atoms with Gasteiger partial charge in [-0.2, -0.15) is 0 Å². The number of likely N-dealkylation sites (N-methyl/N-ethyl adjacent to an activating group) is 1. The van der Waals surface area contributed by atoms with Gasteiger partial charge in [0.1, 0.15) is 0 Å². The van der Waals surface area contributed by atoms with Gasteiger partial charge in [-0.25, -0.2) is 0 Å². The van der Waals surface area contributed by atoms with Gasteiger partial charge in [0.2, 0.25) is 5.91 Å². The molecule has 0 aliphatic rings. The van der Waals surface area contributed by atoms with Crippen LogP contribution in [0.3, 0.4) is 0 Å². The number of hydrogen-bond acceptors (Lipinski definition) is 3. The zero-order valence-corrected chi connectivity index (χ0v) is 13.6. The van der Waals surface area contributed by atoms with Crippen molar-refractivity contribution in [1.29, 1.82) is 0 Å². The van der Waals surface area contributed by atoms with Crippen molar-refractivity contribution >= 4 is 23.2 Å². The van der Waals surface area contributed by atoms with E-state index in [0.29, 0.717) is 16.5 Å². The maximum atomic E-state index is 12.4. The Morgan fingerprint density at radius 2 is 1.77 bits per heavy atom. The summed E-state index contributed by atoms with van der Waals surface area (Å²) in [4.78, 5) is 14.0. The minimum absolute atomic E-state index is 0.0553. The highest BCUT2D eigenvalue weighted by Crippen LogP contribution is 2.31. The summed E-state index contributed by atoms with van der Waals surface area (Å²) in [6.45, 7) is 0. The van der Waals surface area contributed by atoms with Gasteiger partial charge in [-0.1, -0.05) is 29.8 Å². The quantitative estimate of drug-likeness (QED) is 0.845. The van der Waals surface area contributed by atoms with Gasteiger partial charge >= 0.3 is 0 Å². The van der Waals surface area contributed by atoms with Gasteiger partial charge in [-0.05, 0) is 23.8 Å². The molecule has 1 amide bonds. The number of carbonyl (C=O) groups excluding carboxylic acids is 1. The first-order valence-corrected chi connectivity index (χ1v) is 7.16. The van der Waals surface area contributed by atoms with Crippen molar-refractivity contribution < 1.29 is 14.3 Å². The Morgan fingerprint density at radius 3 is 2.41 bits per heavy atom. The molecule has 0 fully saturated rings. The van der Waals surface area contributed by atoms with E-state index in [9.17, 15) is 4.79 Å². The predicted octanol–water partition coefficient (Wildman–Crippen LogP) is 3.56. The Labute approximate surface area is 135 Å². The third-order valence-electron chi connectivity index (χ3n) is 3.43. The van der Waals surface area contributed by atoms with E-state index in [0.717, 1.165) is 11.3 Å². The predicted molar refractivity (Wildman–Crippen MR) is 88.1 cm³/mol. The van der Waals surface area contributed by atoms with Crippen LogP contribution in [0.5, 0.6) is 11.5 Å². The van der Waals surface area contributed by atoms with E-state index in [4.69, 9.17) is 21.1 Å². The number of amides is 1. The number of ether oxygens (including phenoxy) is 2. The number of methoxy groups -OCH3 is 2. The average Bonchev–Trinajstić information content (AvgIpc) is 2.55. The summed E-state index contributed by atoms with van der Waals surface area (Å²) in [6, 6.07) is 12.7. The van der Waals surface area contributed by atoms with Crippen molar-refractivity contribution in [3.8, 4) is 11.5 Å². The number of carbonyl (C=O) groups is 1. The molecule has 2 rings (SSSR count). The van der Waals surface area contributed by atoms with Crippen LogP contribution in [-0.2, 0) is 11.2 Å². The van der Waals surface area contributed by atoms with Gasteiger partial charge in [0, 0.05) is 23.8 Å². The lowest BCUT2D eigenvalue weighted by atomic mass is 10.1. The SMILES string of the molecule is COc1ccc(N(C)C(=O)Cc2ccccc2Cl)cc1OC. The molecular weight excluding hydrogens is 302 g/mol. The van der Waals surface area contributed by atoms with Crippen LogP contribution < -0.4 is 14.4 Å². The first-order valence-electron chi connectivity index (χ1n) is 6.78. The molecule has 2 aromatic carbocycles. The average molecular weight is 320 g/mol. The van der Waals surface area contributed by atoms with Crippen LogP contribution >= 0.6 is 11.6 Å². The molecule has 0 heterocycles. The van der Waals surface area contributed by atoms with E-state index in [1.807, 2.05) is 24.3 Å². The van der Waals surface area contributed by atoms with Gasteiger partial charge in [0.25, 0.3) is 0 Å². The fourth-order valence-electron chi connectivity index (χ4n) is 2.10. The minimum atomic E-state index is -0.0553. The standard InChI is InChI=1S/C17H18ClNO3/c1-19(13-8-9-15(21-2)16(11-13)22-3)17(20)10-12-6-4-5-7-14(12)18/h4-9,11H,10H2,1-3H3. The Balaban J connectivity index is 2.19. The zero-order chi connectivity index (χ0) is 16.1. The molecule has 22 heavy (non-hydrogen) atoms. The van der Waals surface area contributed by atoms with Crippen LogP contribution in [0.4, 0.5) is 5.69 Å². The number of nitrogens with zero attached hydrogens (tertiary/aromatic N) is 1. The normalized spacial score (nSPS) is 10.2. The number of benzene rings is 2. The lowest BCUT2D eigenvalue weighted by molar-refractivity contribution is -0.117. The Hall–Kier alpha value is -2.20. The second-order valence-corrected chi connectivity index (χ2v) is 5.17. The number of rotatable bonds is 5. The molecule has 2 aromatic rings. The molecule has 0 saturated carbocycles. The van der Waals surface area contributed by atoms with E-state index in [-0.39, 0.29) is 12.3 Å². The molecule has 0 aromatic heterocycles. The highest BCUT2D eigenvalue weighted by Gasteiger charge is 2.15. The summed E-state index contributed by atoms with van der Waals surface area (Å²) >= 11 is 6.10. The summed E-state index contributed by atoms with van der Waals surface area (Å²) in [6.07, 6.45) is 0.241. The lowest BCUT2D eigenvalue weighted by Gasteiger charge is -2.19. The lowest BCUT2D eigenvalue weighted by Crippen LogP contribution is -2.27. The third kappa shape index (κ3) is 3.52. The van der Waals surface area contributed by atoms with Crippen molar-refractivity contribution in [2.24, 2.45) is 0 Å². The largest absolute Gasteiger partial charge is 0.493 e. The third-order valence-corrected chi connectivity index (χ3v) is 3.80. The van der Waals surface area contributed by atoms with Crippen molar-refractivity contribution in [3.63, 3.8) is 0 Å². The molecule has 0 aliphatic carbocycles. The van der Waals surface area contributed by atoms with E-state index in [1.54, 1.807) is 44.4 Å². The van der Waals surface area contributed by atoms with E-state index in [2.05, 4.69) is 0 Å². The fraction of sp³-hybridized carbons (Fsp3) is 0.235. The molecule has 0 spiro atoms. The van der Waals surface area contributed by atoms with Gasteiger partial charge in [0.05, 0.1) is 20.6 Å². The monoisotopic (exact) mass is 319 g/mol. The summed E-state index contributed by atoms with van der Waals surface area (Å²) in [5.41, 5.74) is 1.54. The fourth-order valence-corrected chi connectivity index (χ4v) is 2.30. The molecule has 0 saturated heterocycles. The topological polar surface area (TPSA) is 38.8 Å². The van der Waals surface area contributed by atoms with Gasteiger partial charge in [0.15, 0.2) is 11.5 Å². The maximum Gasteiger partial charge on any atom is 0.231 e. The molecule has 0 radical (unpaired) electrons. The molecule has 0 bridgehead atoms. The summed E-state index contributed by atoms with van der Waals surface area (Å²) in [5, 5.41) is 0.594. The summed E-state index contributed by atoms with van der Waals surface area (Å²) in [7, 11) is 4.86. The van der Waals surface area contributed by atoms with E-state index >= 15 is 0 Å². The van der Waals surface area contributed by atoms with Gasteiger partial charge < -0.3 is 14.4 Å². The number of halogens is 1. The van der Waals surface area contributed by atoms with E-state index in [1.165, 1.54) is 0 Å². The molecular formula is C17H18ClNO3. The van der Waals surface area contributed by atoms with E-state index < -0.39 is 0 Å². The Bertz CT molecular complexity index is 673. The first kappa shape index (κ1) is 16.2. The van der Waals surface area contributed by atoms with Crippen LogP contribution in [0.25, 0.3) is 0 Å². The smallest absolute Gasteiger partial charge is 0.231 e. The van der Waals surface area contributed by atoms with Crippen molar-refractivity contribution in [2.45, 2.75) is 6.42 Å². The summed E-state index contributed by atoms with van der Waals surface area (Å²) < 4.78 is 10.5. The van der Waals surface area contributed by atoms with Gasteiger partial charge in [-0.3, -0.25) is 4.79 Å².